The van der Waals surface area contributed by atoms with E-state index in [1.807, 2.05) is 11.0 Å². The number of nitrogens with zero attached hydrogens (tertiary/aromatic N) is 2. The molecule has 1 amide bonds. The molecule has 1 aromatic carbocycles. The van der Waals surface area contributed by atoms with Gasteiger partial charge in [-0.15, -0.1) is 0 Å². The van der Waals surface area contributed by atoms with Crippen LogP contribution in [0.25, 0.3) is 0 Å². The molecule has 0 N–H and O–H groups in total. The summed E-state index contributed by atoms with van der Waals surface area (Å²) >= 11 is 12.0. The Morgan fingerprint density at radius 2 is 1.81 bits per heavy atom. The molecule has 0 aromatic heterocycles. The molecule has 1 atom stereocenters. The van der Waals surface area contributed by atoms with E-state index >= 15 is 0 Å². The van der Waals surface area contributed by atoms with Gasteiger partial charge in [-0.2, -0.15) is 0 Å². The fourth-order valence-electron chi connectivity index (χ4n) is 3.27. The van der Waals surface area contributed by atoms with E-state index in [-0.39, 0.29) is 11.8 Å². The summed E-state index contributed by atoms with van der Waals surface area (Å²) in [7, 11) is 0. The molecule has 0 saturated carbocycles. The van der Waals surface area contributed by atoms with Crippen molar-refractivity contribution < 1.29 is 4.79 Å². The molecule has 0 spiro atoms. The van der Waals surface area contributed by atoms with Crippen LogP contribution in [0, 0.1) is 5.92 Å². The Hall–Kier alpha value is -0.770. The topological polar surface area (TPSA) is 23.6 Å². The fraction of sp³-hybridized carbons (Fsp3) is 0.562. The molecule has 2 aliphatic rings. The van der Waals surface area contributed by atoms with Gasteiger partial charge >= 0.3 is 0 Å². The average Bonchev–Trinajstić information content (AvgIpc) is 2.84. The molecule has 21 heavy (non-hydrogen) atoms. The van der Waals surface area contributed by atoms with Crippen molar-refractivity contribution in [1.29, 1.82) is 0 Å². The zero-order chi connectivity index (χ0) is 14.8. The predicted molar refractivity (Wildman–Crippen MR) is 87.2 cm³/mol. The SMILES string of the molecule is O=C1C(CN2CCCCC2)CCN1c1ccc(Cl)c(Cl)c1. The fourth-order valence-corrected chi connectivity index (χ4v) is 3.56. The molecular formula is C16H20Cl2N2O. The molecule has 2 fully saturated rings. The van der Waals surface area contributed by atoms with Gasteiger partial charge in [0.05, 0.1) is 16.0 Å². The van der Waals surface area contributed by atoms with E-state index in [4.69, 9.17) is 23.2 Å². The first-order valence-corrected chi connectivity index (χ1v) is 8.39. The van der Waals surface area contributed by atoms with E-state index in [9.17, 15) is 4.79 Å². The largest absolute Gasteiger partial charge is 0.312 e. The minimum atomic E-state index is 0.123. The number of anilines is 1. The van der Waals surface area contributed by atoms with Crippen molar-refractivity contribution in [2.45, 2.75) is 25.7 Å². The second-order valence-corrected chi connectivity index (χ2v) is 6.75. The van der Waals surface area contributed by atoms with E-state index in [1.165, 1.54) is 19.3 Å². The third-order valence-corrected chi connectivity index (χ3v) is 5.20. The maximum Gasteiger partial charge on any atom is 0.231 e. The van der Waals surface area contributed by atoms with Gasteiger partial charge in [0.25, 0.3) is 0 Å². The quantitative estimate of drug-likeness (QED) is 0.842. The summed E-state index contributed by atoms with van der Waals surface area (Å²) in [6.45, 7) is 3.94. The number of likely N-dealkylation sites (tertiary alicyclic amines) is 1. The Balaban J connectivity index is 1.66. The second-order valence-electron chi connectivity index (χ2n) is 5.94. The maximum atomic E-state index is 12.6. The van der Waals surface area contributed by atoms with E-state index in [1.54, 1.807) is 12.1 Å². The van der Waals surface area contributed by atoms with Crippen molar-refractivity contribution in [3.8, 4) is 0 Å². The van der Waals surface area contributed by atoms with Crippen molar-refractivity contribution in [1.82, 2.24) is 4.90 Å². The number of carbonyl (C=O) groups excluding carboxylic acids is 1. The highest BCUT2D eigenvalue weighted by molar-refractivity contribution is 6.42. The Labute approximate surface area is 135 Å². The Morgan fingerprint density at radius 1 is 1.05 bits per heavy atom. The number of hydrogen-bond donors (Lipinski definition) is 0. The molecule has 1 aromatic rings. The van der Waals surface area contributed by atoms with Gasteiger partial charge in [0, 0.05) is 18.8 Å². The molecule has 3 rings (SSSR count). The van der Waals surface area contributed by atoms with Gasteiger partial charge in [-0.3, -0.25) is 4.79 Å². The number of benzene rings is 1. The molecule has 0 bridgehead atoms. The average molecular weight is 327 g/mol. The second kappa shape index (κ2) is 6.55. The first-order valence-electron chi connectivity index (χ1n) is 7.64. The first-order chi connectivity index (χ1) is 10.1. The van der Waals surface area contributed by atoms with Crippen molar-refractivity contribution in [2.75, 3.05) is 31.1 Å². The monoisotopic (exact) mass is 326 g/mol. The Morgan fingerprint density at radius 3 is 2.52 bits per heavy atom. The van der Waals surface area contributed by atoms with Crippen LogP contribution in [0.5, 0.6) is 0 Å². The standard InChI is InChI=1S/C16H20Cl2N2O/c17-14-5-4-13(10-15(14)18)20-9-6-12(16(20)21)11-19-7-2-1-3-8-19/h4-5,10,12H,1-3,6-9,11H2. The number of hydrogen-bond acceptors (Lipinski definition) is 2. The molecule has 0 aliphatic carbocycles. The zero-order valence-electron chi connectivity index (χ0n) is 12.0. The minimum absolute atomic E-state index is 0.123. The van der Waals surface area contributed by atoms with Crippen LogP contribution < -0.4 is 4.90 Å². The molecular weight excluding hydrogens is 307 g/mol. The van der Waals surface area contributed by atoms with E-state index < -0.39 is 0 Å². The van der Waals surface area contributed by atoms with Gasteiger partial charge in [0.1, 0.15) is 0 Å². The van der Waals surface area contributed by atoms with Gasteiger partial charge in [-0.05, 0) is 50.6 Å². The van der Waals surface area contributed by atoms with Crippen molar-refractivity contribution in [3.05, 3.63) is 28.2 Å². The van der Waals surface area contributed by atoms with Gasteiger partial charge in [0.2, 0.25) is 5.91 Å². The first kappa shape index (κ1) is 15.1. The van der Waals surface area contributed by atoms with Gasteiger partial charge in [-0.25, -0.2) is 0 Å². The minimum Gasteiger partial charge on any atom is -0.312 e. The molecule has 2 saturated heterocycles. The lowest BCUT2D eigenvalue weighted by atomic mass is 10.1. The van der Waals surface area contributed by atoms with Crippen LogP contribution in [0.15, 0.2) is 18.2 Å². The molecule has 2 heterocycles. The highest BCUT2D eigenvalue weighted by Crippen LogP contribution is 2.31. The van der Waals surface area contributed by atoms with E-state index in [2.05, 4.69) is 4.90 Å². The molecule has 2 aliphatic heterocycles. The van der Waals surface area contributed by atoms with Crippen LogP contribution >= 0.6 is 23.2 Å². The van der Waals surface area contributed by atoms with Crippen molar-refractivity contribution in [2.24, 2.45) is 5.92 Å². The van der Waals surface area contributed by atoms with Crippen LogP contribution in [0.3, 0.4) is 0 Å². The number of amides is 1. The van der Waals surface area contributed by atoms with Crippen LogP contribution in [0.4, 0.5) is 5.69 Å². The van der Waals surface area contributed by atoms with Crippen LogP contribution in [0.2, 0.25) is 10.0 Å². The van der Waals surface area contributed by atoms with Crippen molar-refractivity contribution >= 4 is 34.8 Å². The smallest absolute Gasteiger partial charge is 0.231 e. The van der Waals surface area contributed by atoms with Crippen molar-refractivity contribution in [3.63, 3.8) is 0 Å². The molecule has 5 heteroatoms. The third-order valence-electron chi connectivity index (χ3n) is 4.46. The van der Waals surface area contributed by atoms with Crippen LogP contribution in [-0.2, 0) is 4.79 Å². The summed E-state index contributed by atoms with van der Waals surface area (Å²) in [6.07, 6.45) is 4.77. The number of carbonyl (C=O) groups is 1. The van der Waals surface area contributed by atoms with Crippen LogP contribution in [-0.4, -0.2) is 37.0 Å². The lowest BCUT2D eigenvalue weighted by Gasteiger charge is -2.28. The van der Waals surface area contributed by atoms with Gasteiger partial charge in [-0.1, -0.05) is 29.6 Å². The van der Waals surface area contributed by atoms with Gasteiger partial charge in [0.15, 0.2) is 0 Å². The molecule has 3 nitrogen and oxygen atoms in total. The highest BCUT2D eigenvalue weighted by atomic mass is 35.5. The highest BCUT2D eigenvalue weighted by Gasteiger charge is 2.34. The molecule has 114 valence electrons. The number of rotatable bonds is 3. The Bertz CT molecular complexity index is 529. The number of piperidine rings is 1. The van der Waals surface area contributed by atoms with E-state index in [0.717, 1.165) is 38.3 Å². The summed E-state index contributed by atoms with van der Waals surface area (Å²) in [5.74, 6) is 0.344. The zero-order valence-corrected chi connectivity index (χ0v) is 13.5. The molecule has 0 radical (unpaired) electrons. The Kier molecular flexibility index (Phi) is 4.72. The number of halogens is 2. The predicted octanol–water partition coefficient (Wildman–Crippen LogP) is 3.83. The third kappa shape index (κ3) is 3.36. The van der Waals surface area contributed by atoms with E-state index in [0.29, 0.717) is 10.0 Å². The molecule has 1 unspecified atom stereocenters. The summed E-state index contributed by atoms with van der Waals surface area (Å²) in [6, 6.07) is 5.41. The van der Waals surface area contributed by atoms with Gasteiger partial charge < -0.3 is 9.80 Å². The van der Waals surface area contributed by atoms with Crippen LogP contribution in [0.1, 0.15) is 25.7 Å². The lowest BCUT2D eigenvalue weighted by molar-refractivity contribution is -0.121. The summed E-state index contributed by atoms with van der Waals surface area (Å²) < 4.78 is 0. The summed E-state index contributed by atoms with van der Waals surface area (Å²) in [5, 5.41) is 1.03. The maximum absolute atomic E-state index is 12.6. The lowest BCUT2D eigenvalue weighted by Crippen LogP contribution is -2.37. The summed E-state index contributed by atoms with van der Waals surface area (Å²) in [5.41, 5.74) is 0.857. The normalized spacial score (nSPS) is 23.8. The summed E-state index contributed by atoms with van der Waals surface area (Å²) in [4.78, 5) is 16.9.